The number of nitrogens with one attached hydrogen (secondary N) is 1. The summed E-state index contributed by atoms with van der Waals surface area (Å²) in [5, 5.41) is 3.58. The zero-order valence-corrected chi connectivity index (χ0v) is 12.7. The Kier molecular flexibility index (Phi) is 4.44. The van der Waals surface area contributed by atoms with Crippen LogP contribution in [-0.2, 0) is 6.42 Å². The highest BCUT2D eigenvalue weighted by Crippen LogP contribution is 2.51. The van der Waals surface area contributed by atoms with Crippen molar-refractivity contribution >= 4 is 15.9 Å². The molecule has 18 heavy (non-hydrogen) atoms. The van der Waals surface area contributed by atoms with E-state index in [0.29, 0.717) is 11.5 Å². The van der Waals surface area contributed by atoms with Gasteiger partial charge in [-0.25, -0.2) is 4.39 Å². The van der Waals surface area contributed by atoms with Crippen LogP contribution < -0.4 is 5.32 Å². The first-order valence-corrected chi connectivity index (χ1v) is 7.54. The highest BCUT2D eigenvalue weighted by atomic mass is 79.9. The summed E-state index contributed by atoms with van der Waals surface area (Å²) < 4.78 is 14.3. The molecule has 1 unspecified atom stereocenters. The monoisotopic (exact) mass is 313 g/mol. The lowest BCUT2D eigenvalue weighted by molar-refractivity contribution is 0.349. The van der Waals surface area contributed by atoms with E-state index in [9.17, 15) is 4.39 Å². The molecule has 1 aliphatic rings. The van der Waals surface area contributed by atoms with Crippen molar-refractivity contribution in [3.05, 3.63) is 34.1 Å². The lowest BCUT2D eigenvalue weighted by Gasteiger charge is -2.25. The van der Waals surface area contributed by atoms with Crippen LogP contribution in [0.25, 0.3) is 0 Å². The van der Waals surface area contributed by atoms with Gasteiger partial charge in [0.1, 0.15) is 5.82 Å². The van der Waals surface area contributed by atoms with Crippen LogP contribution in [0.3, 0.4) is 0 Å². The van der Waals surface area contributed by atoms with Gasteiger partial charge in [-0.2, -0.15) is 0 Å². The molecule has 1 aliphatic carbocycles. The summed E-state index contributed by atoms with van der Waals surface area (Å²) in [6.45, 7) is 5.51. The first-order valence-electron chi connectivity index (χ1n) is 6.75. The zero-order valence-electron chi connectivity index (χ0n) is 11.1. The standard InChI is InChI=1S/C15H21BrFN/c1-3-8-18-11(2)15(6-7-15)10-12-9-13(17)4-5-14(12)16/h4-5,9,11,18H,3,6-8,10H2,1-2H3. The normalized spacial score (nSPS) is 18.7. The topological polar surface area (TPSA) is 12.0 Å². The van der Waals surface area contributed by atoms with Gasteiger partial charge in [0.25, 0.3) is 0 Å². The van der Waals surface area contributed by atoms with Crippen LogP contribution in [0.2, 0.25) is 0 Å². The third-order valence-electron chi connectivity index (χ3n) is 4.06. The fraction of sp³-hybridized carbons (Fsp3) is 0.600. The minimum atomic E-state index is -0.141. The van der Waals surface area contributed by atoms with Crippen LogP contribution >= 0.6 is 15.9 Å². The van der Waals surface area contributed by atoms with E-state index in [1.165, 1.54) is 18.9 Å². The molecule has 1 fully saturated rings. The second kappa shape index (κ2) is 5.70. The Morgan fingerprint density at radius 3 is 2.78 bits per heavy atom. The van der Waals surface area contributed by atoms with Gasteiger partial charge in [-0.3, -0.25) is 0 Å². The highest BCUT2D eigenvalue weighted by Gasteiger charge is 2.47. The van der Waals surface area contributed by atoms with E-state index in [4.69, 9.17) is 0 Å². The van der Waals surface area contributed by atoms with Crippen molar-refractivity contribution in [3.8, 4) is 0 Å². The molecule has 0 bridgehead atoms. The molecule has 1 N–H and O–H groups in total. The van der Waals surface area contributed by atoms with Crippen LogP contribution in [0, 0.1) is 11.2 Å². The maximum absolute atomic E-state index is 13.3. The van der Waals surface area contributed by atoms with Crippen LogP contribution in [0.5, 0.6) is 0 Å². The largest absolute Gasteiger partial charge is 0.314 e. The smallest absolute Gasteiger partial charge is 0.123 e. The molecule has 1 nitrogen and oxygen atoms in total. The predicted octanol–water partition coefficient (Wildman–Crippen LogP) is 4.30. The summed E-state index contributed by atoms with van der Waals surface area (Å²) in [5.41, 5.74) is 1.43. The summed E-state index contributed by atoms with van der Waals surface area (Å²) in [7, 11) is 0. The molecule has 1 aromatic rings. The van der Waals surface area contributed by atoms with Crippen molar-refractivity contribution in [2.24, 2.45) is 5.41 Å². The van der Waals surface area contributed by atoms with E-state index < -0.39 is 0 Å². The van der Waals surface area contributed by atoms with E-state index >= 15 is 0 Å². The third kappa shape index (κ3) is 3.12. The summed E-state index contributed by atoms with van der Waals surface area (Å²) in [6.07, 6.45) is 4.61. The van der Waals surface area contributed by atoms with Crippen molar-refractivity contribution in [1.82, 2.24) is 5.32 Å². The van der Waals surface area contributed by atoms with E-state index in [0.717, 1.165) is 29.4 Å². The number of rotatable bonds is 6. The van der Waals surface area contributed by atoms with Crippen molar-refractivity contribution in [2.75, 3.05) is 6.54 Å². The minimum absolute atomic E-state index is 0.141. The molecule has 0 radical (unpaired) electrons. The molecule has 0 heterocycles. The molecular formula is C15H21BrFN. The van der Waals surface area contributed by atoms with Crippen LogP contribution in [0.4, 0.5) is 4.39 Å². The molecule has 0 aromatic heterocycles. The second-order valence-corrected chi connectivity index (χ2v) is 6.31. The zero-order chi connectivity index (χ0) is 13.2. The van der Waals surface area contributed by atoms with Gasteiger partial charge >= 0.3 is 0 Å². The predicted molar refractivity (Wildman–Crippen MR) is 77.2 cm³/mol. The quantitative estimate of drug-likeness (QED) is 0.825. The van der Waals surface area contributed by atoms with Crippen molar-refractivity contribution in [1.29, 1.82) is 0 Å². The second-order valence-electron chi connectivity index (χ2n) is 5.45. The van der Waals surface area contributed by atoms with Crippen LogP contribution in [0.15, 0.2) is 22.7 Å². The average molecular weight is 314 g/mol. The number of halogens is 2. The van der Waals surface area contributed by atoms with Gasteiger partial charge in [0.15, 0.2) is 0 Å². The SMILES string of the molecule is CCCNC(C)C1(Cc2cc(F)ccc2Br)CC1. The van der Waals surface area contributed by atoms with Gasteiger partial charge in [-0.15, -0.1) is 0 Å². The van der Waals surface area contributed by atoms with E-state index in [-0.39, 0.29) is 5.82 Å². The number of hydrogen-bond donors (Lipinski definition) is 1. The molecule has 100 valence electrons. The van der Waals surface area contributed by atoms with Gasteiger partial charge in [-0.1, -0.05) is 22.9 Å². The highest BCUT2D eigenvalue weighted by molar-refractivity contribution is 9.10. The van der Waals surface area contributed by atoms with Gasteiger partial charge < -0.3 is 5.32 Å². The average Bonchev–Trinajstić information content (AvgIpc) is 3.12. The van der Waals surface area contributed by atoms with Gasteiger partial charge in [0, 0.05) is 10.5 Å². The number of benzene rings is 1. The lowest BCUT2D eigenvalue weighted by atomic mass is 9.89. The Hall–Kier alpha value is -0.410. The van der Waals surface area contributed by atoms with Gasteiger partial charge in [-0.05, 0) is 68.3 Å². The lowest BCUT2D eigenvalue weighted by Crippen LogP contribution is -2.36. The summed E-state index contributed by atoms with van der Waals surface area (Å²) in [4.78, 5) is 0. The van der Waals surface area contributed by atoms with Crippen molar-refractivity contribution < 1.29 is 4.39 Å². The Morgan fingerprint density at radius 2 is 2.17 bits per heavy atom. The Labute approximate surface area is 117 Å². The maximum atomic E-state index is 13.3. The first-order chi connectivity index (χ1) is 8.57. The summed E-state index contributed by atoms with van der Waals surface area (Å²) >= 11 is 3.53. The Morgan fingerprint density at radius 1 is 1.44 bits per heavy atom. The Balaban J connectivity index is 2.06. The molecule has 1 atom stereocenters. The van der Waals surface area contributed by atoms with Gasteiger partial charge in [0.2, 0.25) is 0 Å². The molecule has 3 heteroatoms. The third-order valence-corrected chi connectivity index (χ3v) is 4.84. The molecule has 1 aromatic carbocycles. The summed E-state index contributed by atoms with van der Waals surface area (Å²) in [5.74, 6) is -0.141. The molecule has 0 spiro atoms. The summed E-state index contributed by atoms with van der Waals surface area (Å²) in [6, 6.07) is 5.49. The van der Waals surface area contributed by atoms with E-state index in [1.807, 2.05) is 6.07 Å². The van der Waals surface area contributed by atoms with Crippen LogP contribution in [0.1, 0.15) is 38.7 Å². The molecule has 1 saturated carbocycles. The van der Waals surface area contributed by atoms with E-state index in [1.54, 1.807) is 6.07 Å². The van der Waals surface area contributed by atoms with E-state index in [2.05, 4.69) is 35.1 Å². The molecular weight excluding hydrogens is 293 g/mol. The molecule has 0 aliphatic heterocycles. The Bertz CT molecular complexity index is 415. The maximum Gasteiger partial charge on any atom is 0.123 e. The van der Waals surface area contributed by atoms with Crippen LogP contribution in [-0.4, -0.2) is 12.6 Å². The fourth-order valence-corrected chi connectivity index (χ4v) is 2.95. The fourth-order valence-electron chi connectivity index (χ4n) is 2.56. The molecule has 0 amide bonds. The molecule has 0 saturated heterocycles. The minimum Gasteiger partial charge on any atom is -0.314 e. The van der Waals surface area contributed by atoms with Crippen molar-refractivity contribution in [3.63, 3.8) is 0 Å². The number of hydrogen-bond acceptors (Lipinski definition) is 1. The first kappa shape index (κ1) is 14.0. The van der Waals surface area contributed by atoms with Crippen molar-refractivity contribution in [2.45, 2.75) is 45.6 Å². The van der Waals surface area contributed by atoms with Gasteiger partial charge in [0.05, 0.1) is 0 Å². The molecule has 2 rings (SSSR count).